The zero-order chi connectivity index (χ0) is 9.26. The van der Waals surface area contributed by atoms with Crippen molar-refractivity contribution in [3.05, 3.63) is 34.8 Å². The fourth-order valence-corrected chi connectivity index (χ4v) is 1.23. The fourth-order valence-electron chi connectivity index (χ4n) is 0.965. The van der Waals surface area contributed by atoms with Crippen LogP contribution in [0.2, 0.25) is 0 Å². The summed E-state index contributed by atoms with van der Waals surface area (Å²) < 4.78 is 2.38. The van der Waals surface area contributed by atoms with Gasteiger partial charge in [0.1, 0.15) is 4.60 Å². The average Bonchev–Trinajstić information content (AvgIpc) is 2.53. The van der Waals surface area contributed by atoms with Crippen molar-refractivity contribution in [1.29, 1.82) is 0 Å². The summed E-state index contributed by atoms with van der Waals surface area (Å²) in [6.45, 7) is 1.95. The molecule has 2 aromatic heterocycles. The molecule has 4 nitrogen and oxygen atoms in total. The zero-order valence-electron chi connectivity index (χ0n) is 6.98. The van der Waals surface area contributed by atoms with Crippen LogP contribution in [0.25, 0.3) is 5.69 Å². The van der Waals surface area contributed by atoms with E-state index in [4.69, 9.17) is 0 Å². The maximum absolute atomic E-state index is 4.16. The van der Waals surface area contributed by atoms with Crippen LogP contribution in [0.5, 0.6) is 0 Å². The lowest BCUT2D eigenvalue weighted by atomic mass is 10.3. The minimum absolute atomic E-state index is 0.716. The van der Waals surface area contributed by atoms with Gasteiger partial charge < -0.3 is 0 Å². The van der Waals surface area contributed by atoms with Crippen LogP contribution < -0.4 is 0 Å². The summed E-state index contributed by atoms with van der Waals surface area (Å²) in [5.74, 6) is 0. The predicted molar refractivity (Wildman–Crippen MR) is 51.6 cm³/mol. The van der Waals surface area contributed by atoms with E-state index >= 15 is 0 Å². The van der Waals surface area contributed by atoms with Crippen LogP contribution in [0.3, 0.4) is 0 Å². The fraction of sp³-hybridized carbons (Fsp3) is 0.125. The summed E-state index contributed by atoms with van der Waals surface area (Å²) in [4.78, 5) is 4.16. The number of aromatic nitrogens is 4. The van der Waals surface area contributed by atoms with Gasteiger partial charge in [0.05, 0.1) is 18.1 Å². The summed E-state index contributed by atoms with van der Waals surface area (Å²) >= 11 is 3.23. The first kappa shape index (κ1) is 8.37. The molecule has 0 saturated carbocycles. The third kappa shape index (κ3) is 1.75. The van der Waals surface area contributed by atoms with Crippen LogP contribution >= 0.6 is 15.9 Å². The molecule has 0 N–H and O–H groups in total. The molecular formula is C8H7BrN4. The van der Waals surface area contributed by atoms with Crippen molar-refractivity contribution in [1.82, 2.24) is 20.0 Å². The quantitative estimate of drug-likeness (QED) is 0.761. The highest BCUT2D eigenvalue weighted by Gasteiger charge is 1.99. The molecule has 2 rings (SSSR count). The average molecular weight is 239 g/mol. The Morgan fingerprint density at radius 3 is 2.77 bits per heavy atom. The van der Waals surface area contributed by atoms with Crippen LogP contribution in [-0.4, -0.2) is 20.0 Å². The lowest BCUT2D eigenvalue weighted by molar-refractivity contribution is 0.797. The van der Waals surface area contributed by atoms with Gasteiger partial charge in [0.2, 0.25) is 0 Å². The van der Waals surface area contributed by atoms with E-state index in [2.05, 4.69) is 31.2 Å². The third-order valence-corrected chi connectivity index (χ3v) is 1.99. The molecule has 0 bridgehead atoms. The van der Waals surface area contributed by atoms with Crippen LogP contribution in [-0.2, 0) is 0 Å². The number of halogens is 1. The summed E-state index contributed by atoms with van der Waals surface area (Å²) in [5, 5.41) is 7.71. The molecule has 2 heterocycles. The van der Waals surface area contributed by atoms with Gasteiger partial charge in [0, 0.05) is 5.69 Å². The van der Waals surface area contributed by atoms with Crippen molar-refractivity contribution >= 4 is 15.9 Å². The maximum Gasteiger partial charge on any atom is 0.148 e. The molecule has 66 valence electrons. The SMILES string of the molecule is Cc1ccc(-n2cc(Br)nn2)cn1. The van der Waals surface area contributed by atoms with Crippen molar-refractivity contribution < 1.29 is 0 Å². The second-order valence-electron chi connectivity index (χ2n) is 2.64. The van der Waals surface area contributed by atoms with Crippen molar-refractivity contribution in [3.8, 4) is 5.69 Å². The van der Waals surface area contributed by atoms with Crippen molar-refractivity contribution in [2.75, 3.05) is 0 Å². The van der Waals surface area contributed by atoms with Gasteiger partial charge in [-0.1, -0.05) is 5.21 Å². The van der Waals surface area contributed by atoms with E-state index in [0.29, 0.717) is 4.60 Å². The first-order valence-corrected chi connectivity index (χ1v) is 4.56. The van der Waals surface area contributed by atoms with Gasteiger partial charge in [-0.3, -0.25) is 4.98 Å². The smallest absolute Gasteiger partial charge is 0.148 e. The van der Waals surface area contributed by atoms with Gasteiger partial charge in [-0.2, -0.15) is 0 Å². The number of rotatable bonds is 1. The molecule has 0 unspecified atom stereocenters. The van der Waals surface area contributed by atoms with Crippen molar-refractivity contribution in [2.24, 2.45) is 0 Å². The Kier molecular flexibility index (Phi) is 2.10. The van der Waals surface area contributed by atoms with Gasteiger partial charge in [-0.05, 0) is 35.0 Å². The molecule has 0 atom stereocenters. The first-order chi connectivity index (χ1) is 6.25. The Labute approximate surface area is 83.7 Å². The molecular weight excluding hydrogens is 232 g/mol. The zero-order valence-corrected chi connectivity index (χ0v) is 8.56. The minimum Gasteiger partial charge on any atom is -0.259 e. The molecule has 0 amide bonds. The lowest BCUT2D eigenvalue weighted by Gasteiger charge is -1.98. The van der Waals surface area contributed by atoms with Gasteiger partial charge in [0.25, 0.3) is 0 Å². The molecule has 0 fully saturated rings. The predicted octanol–water partition coefficient (Wildman–Crippen LogP) is 1.73. The molecule has 5 heteroatoms. The largest absolute Gasteiger partial charge is 0.259 e. The summed E-state index contributed by atoms with van der Waals surface area (Å²) in [7, 11) is 0. The topological polar surface area (TPSA) is 43.6 Å². The van der Waals surface area contributed by atoms with E-state index in [9.17, 15) is 0 Å². The Bertz CT molecular complexity index is 406. The van der Waals surface area contributed by atoms with E-state index in [1.54, 1.807) is 17.1 Å². The normalized spacial score (nSPS) is 10.3. The molecule has 0 saturated heterocycles. The summed E-state index contributed by atoms with van der Waals surface area (Å²) in [6.07, 6.45) is 3.54. The number of hydrogen-bond acceptors (Lipinski definition) is 3. The van der Waals surface area contributed by atoms with E-state index in [-0.39, 0.29) is 0 Å². The Hall–Kier alpha value is -1.23. The number of aryl methyl sites for hydroxylation is 1. The van der Waals surface area contributed by atoms with Crippen LogP contribution in [0.4, 0.5) is 0 Å². The van der Waals surface area contributed by atoms with E-state index in [0.717, 1.165) is 11.4 Å². The van der Waals surface area contributed by atoms with Gasteiger partial charge in [-0.15, -0.1) is 5.10 Å². The van der Waals surface area contributed by atoms with E-state index < -0.39 is 0 Å². The van der Waals surface area contributed by atoms with Crippen molar-refractivity contribution in [3.63, 3.8) is 0 Å². The molecule has 2 aromatic rings. The minimum atomic E-state index is 0.716. The van der Waals surface area contributed by atoms with Crippen LogP contribution in [0.1, 0.15) is 5.69 Å². The first-order valence-electron chi connectivity index (χ1n) is 3.76. The second-order valence-corrected chi connectivity index (χ2v) is 3.46. The van der Waals surface area contributed by atoms with Gasteiger partial charge in [0.15, 0.2) is 0 Å². The molecule has 0 radical (unpaired) electrons. The summed E-state index contributed by atoms with van der Waals surface area (Å²) in [6, 6.07) is 3.88. The molecule has 0 spiro atoms. The third-order valence-electron chi connectivity index (χ3n) is 1.63. The summed E-state index contributed by atoms with van der Waals surface area (Å²) in [5.41, 5.74) is 1.90. The Morgan fingerprint density at radius 2 is 2.23 bits per heavy atom. The van der Waals surface area contributed by atoms with Crippen LogP contribution in [0.15, 0.2) is 29.1 Å². The molecule has 0 aliphatic heterocycles. The molecule has 0 aliphatic carbocycles. The Balaban J connectivity index is 2.41. The lowest BCUT2D eigenvalue weighted by Crippen LogP contribution is -1.95. The highest BCUT2D eigenvalue weighted by Crippen LogP contribution is 2.08. The van der Waals surface area contributed by atoms with Gasteiger partial charge >= 0.3 is 0 Å². The number of hydrogen-bond donors (Lipinski definition) is 0. The van der Waals surface area contributed by atoms with E-state index in [1.807, 2.05) is 19.1 Å². The molecule has 0 aromatic carbocycles. The monoisotopic (exact) mass is 238 g/mol. The standard InChI is InChI=1S/C8H7BrN4/c1-6-2-3-7(4-10-6)13-5-8(9)11-12-13/h2-5H,1H3. The molecule has 0 aliphatic rings. The number of nitrogens with zero attached hydrogens (tertiary/aromatic N) is 4. The van der Waals surface area contributed by atoms with Crippen LogP contribution in [0, 0.1) is 6.92 Å². The Morgan fingerprint density at radius 1 is 1.38 bits per heavy atom. The highest BCUT2D eigenvalue weighted by atomic mass is 79.9. The molecule has 13 heavy (non-hydrogen) atoms. The van der Waals surface area contributed by atoms with E-state index in [1.165, 1.54) is 0 Å². The van der Waals surface area contributed by atoms with Crippen molar-refractivity contribution in [2.45, 2.75) is 6.92 Å². The highest BCUT2D eigenvalue weighted by molar-refractivity contribution is 9.10. The maximum atomic E-state index is 4.16. The number of pyridine rings is 1. The van der Waals surface area contributed by atoms with Gasteiger partial charge in [-0.25, -0.2) is 4.68 Å². The second kappa shape index (κ2) is 3.26.